The van der Waals surface area contributed by atoms with Crippen molar-refractivity contribution in [1.29, 1.82) is 0 Å². The third-order valence-electron chi connectivity index (χ3n) is 4.53. The summed E-state index contributed by atoms with van der Waals surface area (Å²) in [5, 5.41) is 7.91. The summed E-state index contributed by atoms with van der Waals surface area (Å²) in [7, 11) is -3.68. The average molecular weight is 294 g/mol. The Hall–Kier alpha value is -1.40. The number of primary sulfonamides is 1. The lowest BCUT2D eigenvalue weighted by Gasteiger charge is -2.20. The van der Waals surface area contributed by atoms with E-state index in [-0.39, 0.29) is 16.7 Å². The second kappa shape index (κ2) is 4.86. The number of fused-ring (bicyclic) bond motifs is 2. The maximum Gasteiger partial charge on any atom is 0.238 e. The second-order valence-corrected chi connectivity index (χ2v) is 7.40. The zero-order valence-corrected chi connectivity index (χ0v) is 11.9. The summed E-state index contributed by atoms with van der Waals surface area (Å²) in [6, 6.07) is 5.97. The maximum absolute atomic E-state index is 12.2. The minimum Gasteiger partial charge on any atom is -0.326 e. The van der Waals surface area contributed by atoms with Gasteiger partial charge in [-0.15, -0.1) is 0 Å². The molecule has 3 N–H and O–H groups in total. The van der Waals surface area contributed by atoms with Gasteiger partial charge in [-0.3, -0.25) is 4.79 Å². The Morgan fingerprint density at radius 2 is 1.85 bits per heavy atom. The normalized spacial score (nSPS) is 28.6. The van der Waals surface area contributed by atoms with Gasteiger partial charge in [0, 0.05) is 11.6 Å². The van der Waals surface area contributed by atoms with E-state index in [0.717, 1.165) is 18.8 Å². The van der Waals surface area contributed by atoms with Gasteiger partial charge in [0.1, 0.15) is 0 Å². The van der Waals surface area contributed by atoms with E-state index >= 15 is 0 Å². The van der Waals surface area contributed by atoms with E-state index in [4.69, 9.17) is 5.14 Å². The van der Waals surface area contributed by atoms with Crippen molar-refractivity contribution >= 4 is 21.6 Å². The summed E-state index contributed by atoms with van der Waals surface area (Å²) in [6.07, 6.45) is 4.60. The van der Waals surface area contributed by atoms with E-state index in [2.05, 4.69) is 5.32 Å². The quantitative estimate of drug-likeness (QED) is 0.889. The molecule has 1 aromatic carbocycles. The van der Waals surface area contributed by atoms with Gasteiger partial charge in [-0.1, -0.05) is 6.42 Å². The summed E-state index contributed by atoms with van der Waals surface area (Å²) in [6.45, 7) is 0. The molecule has 0 saturated heterocycles. The van der Waals surface area contributed by atoms with E-state index in [0.29, 0.717) is 11.6 Å². The lowest BCUT2D eigenvalue weighted by Crippen LogP contribution is -2.27. The Morgan fingerprint density at radius 1 is 1.15 bits per heavy atom. The van der Waals surface area contributed by atoms with Crippen LogP contribution in [-0.2, 0) is 14.8 Å². The molecule has 2 fully saturated rings. The van der Waals surface area contributed by atoms with E-state index in [1.165, 1.54) is 25.0 Å². The van der Waals surface area contributed by atoms with Crippen LogP contribution in [0.5, 0.6) is 0 Å². The van der Waals surface area contributed by atoms with Crippen LogP contribution >= 0.6 is 0 Å². The fraction of sp³-hybridized carbons (Fsp3) is 0.500. The fourth-order valence-corrected chi connectivity index (χ4v) is 4.04. The smallest absolute Gasteiger partial charge is 0.238 e. The molecular formula is C14H18N2O3S. The Labute approximate surface area is 118 Å². The number of benzene rings is 1. The number of amides is 1. The van der Waals surface area contributed by atoms with E-state index in [1.54, 1.807) is 12.1 Å². The van der Waals surface area contributed by atoms with Crippen molar-refractivity contribution in [3.63, 3.8) is 0 Å². The van der Waals surface area contributed by atoms with Gasteiger partial charge < -0.3 is 5.32 Å². The molecule has 0 unspecified atom stereocenters. The average Bonchev–Trinajstić information content (AvgIpc) is 3.00. The largest absolute Gasteiger partial charge is 0.326 e. The van der Waals surface area contributed by atoms with Crippen molar-refractivity contribution in [2.24, 2.45) is 22.9 Å². The molecule has 2 saturated carbocycles. The summed E-state index contributed by atoms with van der Waals surface area (Å²) in [4.78, 5) is 12.3. The molecule has 108 valence electrons. The van der Waals surface area contributed by atoms with Crippen molar-refractivity contribution in [3.8, 4) is 0 Å². The third kappa shape index (κ3) is 2.58. The van der Waals surface area contributed by atoms with E-state index in [1.807, 2.05) is 0 Å². The molecule has 2 aliphatic carbocycles. The van der Waals surface area contributed by atoms with Crippen LogP contribution in [0.3, 0.4) is 0 Å². The summed E-state index contributed by atoms with van der Waals surface area (Å²) < 4.78 is 22.3. The summed E-state index contributed by atoms with van der Waals surface area (Å²) >= 11 is 0. The molecule has 0 spiro atoms. The van der Waals surface area contributed by atoms with Crippen molar-refractivity contribution < 1.29 is 13.2 Å². The highest BCUT2D eigenvalue weighted by Gasteiger charge is 2.42. The standard InChI is InChI=1S/C14H18N2O3S/c15-20(18,19)12-5-3-11(4-6-12)16-14(17)13-8-9-1-2-10(13)7-9/h3-6,9-10,13H,1-2,7-8H2,(H,16,17)(H2,15,18,19)/t9-,10-,13+/m1/s1. The monoisotopic (exact) mass is 294 g/mol. The first kappa shape index (κ1) is 13.6. The number of rotatable bonds is 3. The van der Waals surface area contributed by atoms with Crippen LogP contribution < -0.4 is 10.5 Å². The molecule has 5 nitrogen and oxygen atoms in total. The number of nitrogens with two attached hydrogens (primary N) is 1. The number of hydrogen-bond acceptors (Lipinski definition) is 3. The van der Waals surface area contributed by atoms with Crippen molar-refractivity contribution in [2.45, 2.75) is 30.6 Å². The molecule has 20 heavy (non-hydrogen) atoms. The molecule has 0 heterocycles. The number of nitrogens with one attached hydrogen (secondary N) is 1. The first-order valence-corrected chi connectivity index (χ1v) is 8.42. The minimum atomic E-state index is -3.68. The van der Waals surface area contributed by atoms with E-state index in [9.17, 15) is 13.2 Å². The maximum atomic E-state index is 12.2. The molecule has 0 radical (unpaired) electrons. The molecule has 6 heteroatoms. The highest BCUT2D eigenvalue weighted by molar-refractivity contribution is 7.89. The van der Waals surface area contributed by atoms with Crippen LogP contribution in [-0.4, -0.2) is 14.3 Å². The molecular weight excluding hydrogens is 276 g/mol. The molecule has 1 aromatic rings. The van der Waals surface area contributed by atoms with Crippen LogP contribution in [0.15, 0.2) is 29.2 Å². The van der Waals surface area contributed by atoms with Crippen LogP contribution in [0, 0.1) is 17.8 Å². The molecule has 2 aliphatic rings. The van der Waals surface area contributed by atoms with Crippen LogP contribution in [0.2, 0.25) is 0 Å². The Bertz CT molecular complexity index is 624. The lowest BCUT2D eigenvalue weighted by molar-refractivity contribution is -0.121. The van der Waals surface area contributed by atoms with Crippen LogP contribution in [0.25, 0.3) is 0 Å². The number of hydrogen-bond donors (Lipinski definition) is 2. The number of sulfonamides is 1. The molecule has 1 amide bonds. The Kier molecular flexibility index (Phi) is 3.30. The number of anilines is 1. The number of carbonyl (C=O) groups excluding carboxylic acids is 1. The molecule has 2 bridgehead atoms. The van der Waals surface area contributed by atoms with Gasteiger partial charge in [0.2, 0.25) is 15.9 Å². The predicted octanol–water partition coefficient (Wildman–Crippen LogP) is 1.71. The van der Waals surface area contributed by atoms with Gasteiger partial charge in [0.25, 0.3) is 0 Å². The van der Waals surface area contributed by atoms with Crippen molar-refractivity contribution in [3.05, 3.63) is 24.3 Å². The van der Waals surface area contributed by atoms with Crippen molar-refractivity contribution in [2.75, 3.05) is 5.32 Å². The predicted molar refractivity (Wildman–Crippen MR) is 75.4 cm³/mol. The molecule has 3 rings (SSSR count). The lowest BCUT2D eigenvalue weighted by atomic mass is 9.88. The van der Waals surface area contributed by atoms with Crippen molar-refractivity contribution in [1.82, 2.24) is 0 Å². The first-order chi connectivity index (χ1) is 9.43. The summed E-state index contributed by atoms with van der Waals surface area (Å²) in [5.41, 5.74) is 0.616. The third-order valence-corrected chi connectivity index (χ3v) is 5.45. The number of carbonyl (C=O) groups is 1. The van der Waals surface area contributed by atoms with Gasteiger partial charge in [-0.05, 0) is 55.4 Å². The summed E-state index contributed by atoms with van der Waals surface area (Å²) in [5.74, 6) is 1.43. The first-order valence-electron chi connectivity index (χ1n) is 6.87. The molecule has 0 aliphatic heterocycles. The Balaban J connectivity index is 1.67. The van der Waals surface area contributed by atoms with Gasteiger partial charge in [-0.2, -0.15) is 0 Å². The van der Waals surface area contributed by atoms with Gasteiger partial charge in [0.05, 0.1) is 4.90 Å². The zero-order valence-electron chi connectivity index (χ0n) is 11.1. The van der Waals surface area contributed by atoms with Crippen LogP contribution in [0.4, 0.5) is 5.69 Å². The van der Waals surface area contributed by atoms with E-state index < -0.39 is 10.0 Å². The zero-order chi connectivity index (χ0) is 14.3. The van der Waals surface area contributed by atoms with Gasteiger partial charge in [0.15, 0.2) is 0 Å². The highest BCUT2D eigenvalue weighted by atomic mass is 32.2. The highest BCUT2D eigenvalue weighted by Crippen LogP contribution is 2.48. The van der Waals surface area contributed by atoms with Crippen LogP contribution in [0.1, 0.15) is 25.7 Å². The second-order valence-electron chi connectivity index (χ2n) is 5.84. The molecule has 3 atom stereocenters. The Morgan fingerprint density at radius 3 is 2.35 bits per heavy atom. The topological polar surface area (TPSA) is 89.3 Å². The minimum absolute atomic E-state index is 0.0513. The fourth-order valence-electron chi connectivity index (χ4n) is 3.53. The SMILES string of the molecule is NS(=O)(=O)c1ccc(NC(=O)[C@H]2C[C@@H]3CC[C@@H]2C3)cc1. The van der Waals surface area contributed by atoms with Gasteiger partial charge >= 0.3 is 0 Å². The van der Waals surface area contributed by atoms with Gasteiger partial charge in [-0.25, -0.2) is 13.6 Å². The molecule has 0 aromatic heterocycles.